The van der Waals surface area contributed by atoms with Crippen LogP contribution in [0.25, 0.3) is 0 Å². The van der Waals surface area contributed by atoms with E-state index in [1.54, 1.807) is 12.1 Å². The van der Waals surface area contributed by atoms with E-state index in [2.05, 4.69) is 26.6 Å². The molecule has 2 fully saturated rings. The fourth-order valence-corrected chi connectivity index (χ4v) is 5.74. The fraction of sp³-hybridized carbons (Fsp3) is 0.565. The minimum absolute atomic E-state index is 0.00930. The molecule has 192 valence electrons. The molecule has 5 N–H and O–H groups in total. The normalized spacial score (nSPS) is 25.5. The van der Waals surface area contributed by atoms with E-state index in [1.165, 1.54) is 19.1 Å². The van der Waals surface area contributed by atoms with Crippen LogP contribution in [-0.4, -0.2) is 66.7 Å². The lowest BCUT2D eigenvalue weighted by atomic mass is 9.77. The first-order valence-corrected chi connectivity index (χ1v) is 12.2. The number of hydrogen-bond acceptors (Lipinski definition) is 7. The Morgan fingerprint density at radius 2 is 1.94 bits per heavy atom. The molecule has 4 atom stereocenters. The third kappa shape index (κ3) is 4.81. The lowest BCUT2D eigenvalue weighted by Crippen LogP contribution is -2.56. The average molecular weight is 555 g/mol. The van der Waals surface area contributed by atoms with Crippen molar-refractivity contribution in [3.8, 4) is 11.5 Å². The molecule has 12 heteroatoms. The minimum atomic E-state index is -1.71. The quantitative estimate of drug-likeness (QED) is 0.238. The van der Waals surface area contributed by atoms with Crippen molar-refractivity contribution in [2.45, 2.75) is 44.2 Å². The highest BCUT2D eigenvalue weighted by Crippen LogP contribution is 2.52. The third-order valence-electron chi connectivity index (χ3n) is 6.72. The molecule has 35 heavy (non-hydrogen) atoms. The number of carbonyl (C=O) groups is 4. The Hall–Kier alpha value is -2.86. The van der Waals surface area contributed by atoms with Gasteiger partial charge in [0.05, 0.1) is 30.5 Å². The van der Waals surface area contributed by atoms with Crippen LogP contribution < -0.4 is 25.8 Å². The summed E-state index contributed by atoms with van der Waals surface area (Å²) in [5.41, 5.74) is 4.00. The second-order valence-corrected chi connectivity index (χ2v) is 9.57. The summed E-state index contributed by atoms with van der Waals surface area (Å²) in [6.45, 7) is 2.32. The number of nitrogens with one attached hydrogen (secondary N) is 2. The number of unbranched alkanes of at least 4 members (excludes halogenated alkanes) is 1. The highest BCUT2D eigenvalue weighted by molar-refractivity contribution is 9.10. The van der Waals surface area contributed by atoms with Gasteiger partial charge in [0.15, 0.2) is 11.5 Å². The number of ether oxygens (including phenoxy) is 2. The molecule has 0 radical (unpaired) electrons. The number of carbonyl (C=O) groups excluding carboxylic acids is 3. The number of benzene rings is 1. The Morgan fingerprint density at radius 1 is 1.23 bits per heavy atom. The summed E-state index contributed by atoms with van der Waals surface area (Å²) in [5.74, 6) is -3.28. The summed E-state index contributed by atoms with van der Waals surface area (Å²) >= 11 is 3.45. The van der Waals surface area contributed by atoms with Gasteiger partial charge in [-0.3, -0.25) is 24.6 Å². The molecule has 4 amide bonds. The Morgan fingerprint density at radius 3 is 2.51 bits per heavy atom. The Labute approximate surface area is 211 Å². The molecule has 2 aliphatic rings. The van der Waals surface area contributed by atoms with Gasteiger partial charge in [-0.25, -0.2) is 4.79 Å². The van der Waals surface area contributed by atoms with Crippen molar-refractivity contribution in [1.29, 1.82) is 0 Å². The third-order valence-corrected chi connectivity index (χ3v) is 7.31. The number of aliphatic carboxylic acids is 1. The smallest absolute Gasteiger partial charge is 0.324 e. The number of imide groups is 1. The van der Waals surface area contributed by atoms with Gasteiger partial charge in [-0.05, 0) is 52.9 Å². The Kier molecular flexibility index (Phi) is 8.26. The van der Waals surface area contributed by atoms with Gasteiger partial charge in [0.2, 0.25) is 11.8 Å². The standard InChI is InChI=1S/C23H31BrN4O7/c1-4-5-9-28-19(29)15-16(20(28)30)23(21(31)32,7-6-8-26-22(25)33)27-17(15)12-10-13(24)18(35-3)14(11-12)34-2/h10-11,15-17,27H,4-9H2,1-3H3,(H,31,32)(H3,25,26,33). The molecular weight excluding hydrogens is 524 g/mol. The van der Waals surface area contributed by atoms with Gasteiger partial charge < -0.3 is 25.6 Å². The number of hydrogen-bond donors (Lipinski definition) is 4. The zero-order chi connectivity index (χ0) is 25.9. The zero-order valence-corrected chi connectivity index (χ0v) is 21.5. The summed E-state index contributed by atoms with van der Waals surface area (Å²) in [6.07, 6.45) is 1.65. The zero-order valence-electron chi connectivity index (χ0n) is 19.9. The van der Waals surface area contributed by atoms with Crippen LogP contribution in [0.5, 0.6) is 11.5 Å². The van der Waals surface area contributed by atoms with Crippen LogP contribution in [-0.2, 0) is 14.4 Å². The van der Waals surface area contributed by atoms with Gasteiger partial charge >= 0.3 is 12.0 Å². The average Bonchev–Trinajstić information content (AvgIpc) is 3.29. The molecule has 0 saturated carbocycles. The summed E-state index contributed by atoms with van der Waals surface area (Å²) in [4.78, 5) is 52.0. The number of nitrogens with zero attached hydrogens (tertiary/aromatic N) is 1. The molecule has 0 aliphatic carbocycles. The largest absolute Gasteiger partial charge is 0.493 e. The molecule has 0 bridgehead atoms. The number of rotatable bonds is 11. The van der Waals surface area contributed by atoms with Gasteiger partial charge in [0, 0.05) is 19.1 Å². The molecule has 1 aromatic carbocycles. The Bertz CT molecular complexity index is 1020. The number of amides is 4. The fourth-order valence-electron chi connectivity index (χ4n) is 5.11. The van der Waals surface area contributed by atoms with Crippen LogP contribution in [0.15, 0.2) is 16.6 Å². The number of carboxylic acid groups (broad SMARTS) is 1. The van der Waals surface area contributed by atoms with E-state index in [0.29, 0.717) is 28.0 Å². The van der Waals surface area contributed by atoms with Crippen LogP contribution in [0.4, 0.5) is 4.79 Å². The van der Waals surface area contributed by atoms with Crippen LogP contribution in [0.2, 0.25) is 0 Å². The van der Waals surface area contributed by atoms with Crippen molar-refractivity contribution in [3.63, 3.8) is 0 Å². The number of primary amides is 1. The van der Waals surface area contributed by atoms with Gasteiger partial charge in [-0.2, -0.15) is 0 Å². The molecule has 11 nitrogen and oxygen atoms in total. The SMILES string of the molecule is CCCCN1C(=O)C2C(c3cc(Br)c(OC)c(OC)c3)NC(CCCNC(N)=O)(C(=O)O)C2C1=O. The predicted octanol–water partition coefficient (Wildman–Crippen LogP) is 1.78. The van der Waals surface area contributed by atoms with Gasteiger partial charge in [0.25, 0.3) is 0 Å². The van der Waals surface area contributed by atoms with Gasteiger partial charge in [-0.15, -0.1) is 0 Å². The highest BCUT2D eigenvalue weighted by Gasteiger charge is 2.68. The van der Waals surface area contributed by atoms with Crippen molar-refractivity contribution in [1.82, 2.24) is 15.5 Å². The molecule has 0 spiro atoms. The van der Waals surface area contributed by atoms with E-state index >= 15 is 0 Å². The number of nitrogens with two attached hydrogens (primary N) is 1. The summed E-state index contributed by atoms with van der Waals surface area (Å²) in [5, 5.41) is 16.0. The number of urea groups is 1. The maximum Gasteiger partial charge on any atom is 0.324 e. The van der Waals surface area contributed by atoms with E-state index in [0.717, 1.165) is 6.42 Å². The molecule has 2 heterocycles. The second-order valence-electron chi connectivity index (χ2n) is 8.72. The number of carboxylic acids is 1. The number of methoxy groups -OCH3 is 2. The first kappa shape index (κ1) is 26.7. The van der Waals surface area contributed by atoms with Crippen LogP contribution in [0.3, 0.4) is 0 Å². The van der Waals surface area contributed by atoms with E-state index < -0.39 is 47.2 Å². The van der Waals surface area contributed by atoms with Crippen LogP contribution >= 0.6 is 15.9 Å². The number of halogens is 1. The summed E-state index contributed by atoms with van der Waals surface area (Å²) in [6, 6.07) is 1.92. The first-order chi connectivity index (χ1) is 16.6. The van der Waals surface area contributed by atoms with Gasteiger partial charge in [0.1, 0.15) is 5.54 Å². The van der Waals surface area contributed by atoms with E-state index in [9.17, 15) is 24.3 Å². The number of fused-ring (bicyclic) bond motifs is 1. The van der Waals surface area contributed by atoms with E-state index in [4.69, 9.17) is 15.2 Å². The summed E-state index contributed by atoms with van der Waals surface area (Å²) in [7, 11) is 2.97. The lowest BCUT2D eigenvalue weighted by Gasteiger charge is -2.31. The molecule has 4 unspecified atom stereocenters. The monoisotopic (exact) mass is 554 g/mol. The first-order valence-electron chi connectivity index (χ1n) is 11.4. The maximum atomic E-state index is 13.5. The van der Waals surface area contributed by atoms with Crippen molar-refractivity contribution < 1.29 is 33.8 Å². The minimum Gasteiger partial charge on any atom is -0.493 e. The highest BCUT2D eigenvalue weighted by atomic mass is 79.9. The molecule has 1 aromatic rings. The van der Waals surface area contributed by atoms with Crippen molar-refractivity contribution in [2.24, 2.45) is 17.6 Å². The van der Waals surface area contributed by atoms with Crippen LogP contribution in [0, 0.1) is 11.8 Å². The topological polar surface area (TPSA) is 160 Å². The molecule has 2 saturated heterocycles. The maximum absolute atomic E-state index is 13.5. The van der Waals surface area contributed by atoms with Crippen molar-refractivity contribution >= 4 is 39.7 Å². The molecule has 0 aromatic heterocycles. The van der Waals surface area contributed by atoms with Crippen LogP contribution in [0.1, 0.15) is 44.2 Å². The molecule has 2 aliphatic heterocycles. The van der Waals surface area contributed by atoms with Crippen molar-refractivity contribution in [2.75, 3.05) is 27.3 Å². The van der Waals surface area contributed by atoms with E-state index in [-0.39, 0.29) is 25.9 Å². The number of likely N-dealkylation sites (tertiary alicyclic amines) is 1. The predicted molar refractivity (Wildman–Crippen MR) is 129 cm³/mol. The molecule has 3 rings (SSSR count). The lowest BCUT2D eigenvalue weighted by molar-refractivity contribution is -0.151. The Balaban J connectivity index is 2.08. The summed E-state index contributed by atoms with van der Waals surface area (Å²) < 4.78 is 11.4. The van der Waals surface area contributed by atoms with Crippen molar-refractivity contribution in [3.05, 3.63) is 22.2 Å². The molecular formula is C23H31BrN4O7. The van der Waals surface area contributed by atoms with Gasteiger partial charge in [-0.1, -0.05) is 13.3 Å². The second kappa shape index (κ2) is 10.8. The van der Waals surface area contributed by atoms with E-state index in [1.807, 2.05) is 6.92 Å².